The van der Waals surface area contributed by atoms with E-state index in [1.165, 1.54) is 51.4 Å². The molecule has 0 aromatic rings. The smallest absolute Gasteiger partial charge is 0.0351 e. The molecule has 14 heavy (non-hydrogen) atoms. The van der Waals surface area contributed by atoms with Gasteiger partial charge in [0.05, 0.1) is 0 Å². The first kappa shape index (κ1) is 16.2. The molecule has 0 bridgehead atoms. The summed E-state index contributed by atoms with van der Waals surface area (Å²) >= 11 is 0. The van der Waals surface area contributed by atoms with Crippen LogP contribution in [0.5, 0.6) is 0 Å². The molecule has 0 heterocycles. The minimum Gasteiger partial charge on any atom is -0.0917 e. The molecule has 0 atom stereocenters. The molecule has 0 saturated heterocycles. The average molecular weight is 198 g/mol. The molecule has 0 unspecified atom stereocenters. The van der Waals surface area contributed by atoms with E-state index >= 15 is 0 Å². The monoisotopic (exact) mass is 198 g/mol. The molecule has 86 valence electrons. The Morgan fingerprint density at radius 3 is 1.57 bits per heavy atom. The van der Waals surface area contributed by atoms with Crippen molar-refractivity contribution in [3.63, 3.8) is 0 Å². The van der Waals surface area contributed by atoms with Crippen LogP contribution >= 0.6 is 0 Å². The van der Waals surface area contributed by atoms with Gasteiger partial charge in [0, 0.05) is 0 Å². The van der Waals surface area contributed by atoms with E-state index in [0.29, 0.717) is 0 Å². The van der Waals surface area contributed by atoms with Crippen molar-refractivity contribution in [3.05, 3.63) is 12.2 Å². The molecule has 0 aliphatic heterocycles. The molecular weight excluding hydrogens is 168 g/mol. The summed E-state index contributed by atoms with van der Waals surface area (Å²) in [6.45, 7) is 8.77. The SMILES string of the molecule is CC=CCCCC.CCCCCCC. The van der Waals surface area contributed by atoms with Gasteiger partial charge in [0.1, 0.15) is 0 Å². The number of allylic oxidation sites excluding steroid dienone is 2. The molecule has 0 aliphatic rings. The van der Waals surface area contributed by atoms with Crippen LogP contribution in [0.4, 0.5) is 0 Å². The topological polar surface area (TPSA) is 0 Å². The average Bonchev–Trinajstić information content (AvgIpc) is 2.21. The molecule has 0 heteroatoms. The minimum absolute atomic E-state index is 1.26. The van der Waals surface area contributed by atoms with Crippen molar-refractivity contribution in [3.8, 4) is 0 Å². The lowest BCUT2D eigenvalue weighted by molar-refractivity contribution is 0.656. The van der Waals surface area contributed by atoms with Crippen LogP contribution < -0.4 is 0 Å². The molecule has 0 rings (SSSR count). The standard InChI is InChI=1S/C7H16.C7H14/c2*1-3-5-7-6-4-2/h3-7H2,1-2H3;3,5H,4,6-7H2,1-2H3. The lowest BCUT2D eigenvalue weighted by Gasteiger charge is -1.90. The van der Waals surface area contributed by atoms with Crippen molar-refractivity contribution in [2.75, 3.05) is 0 Å². The normalized spacial score (nSPS) is 10.0. The molecular formula is C14H30. The highest BCUT2D eigenvalue weighted by atomic mass is 13.9. The zero-order valence-corrected chi connectivity index (χ0v) is 10.8. The lowest BCUT2D eigenvalue weighted by Crippen LogP contribution is -1.70. The largest absolute Gasteiger partial charge is 0.0917 e. The van der Waals surface area contributed by atoms with Crippen LogP contribution in [0.3, 0.4) is 0 Å². The Labute approximate surface area is 91.8 Å². The third kappa shape index (κ3) is 22.6. The van der Waals surface area contributed by atoms with Crippen LogP contribution in [0.15, 0.2) is 12.2 Å². The third-order valence-electron chi connectivity index (χ3n) is 2.17. The molecule has 0 saturated carbocycles. The van der Waals surface area contributed by atoms with Gasteiger partial charge in [-0.2, -0.15) is 0 Å². The second-order valence-electron chi connectivity index (χ2n) is 3.77. The van der Waals surface area contributed by atoms with Crippen LogP contribution in [0.1, 0.15) is 79.1 Å². The fourth-order valence-electron chi connectivity index (χ4n) is 1.17. The van der Waals surface area contributed by atoms with E-state index in [0.717, 1.165) is 0 Å². The summed E-state index contributed by atoms with van der Waals surface area (Å²) in [6, 6.07) is 0. The number of hydrogen-bond acceptors (Lipinski definition) is 0. The third-order valence-corrected chi connectivity index (χ3v) is 2.17. The zero-order valence-electron chi connectivity index (χ0n) is 10.8. The van der Waals surface area contributed by atoms with Gasteiger partial charge in [-0.05, 0) is 13.3 Å². The molecule has 0 aromatic carbocycles. The summed E-state index contributed by atoms with van der Waals surface area (Å²) in [5.74, 6) is 0. The Kier molecular flexibility index (Phi) is 21.4. The van der Waals surface area contributed by atoms with E-state index in [-0.39, 0.29) is 0 Å². The van der Waals surface area contributed by atoms with Gasteiger partial charge in [-0.15, -0.1) is 0 Å². The second-order valence-corrected chi connectivity index (χ2v) is 3.77. The molecule has 0 fully saturated rings. The highest BCUT2D eigenvalue weighted by Crippen LogP contribution is 2.00. The Bertz CT molecular complexity index is 88.2. The van der Waals surface area contributed by atoms with E-state index in [1.54, 1.807) is 0 Å². The Balaban J connectivity index is 0. The van der Waals surface area contributed by atoms with E-state index in [1.807, 2.05) is 0 Å². The van der Waals surface area contributed by atoms with Crippen molar-refractivity contribution in [1.29, 1.82) is 0 Å². The summed E-state index contributed by atoms with van der Waals surface area (Å²) in [5.41, 5.74) is 0. The lowest BCUT2D eigenvalue weighted by atomic mass is 10.2. The van der Waals surface area contributed by atoms with E-state index in [9.17, 15) is 0 Å². The Morgan fingerprint density at radius 2 is 1.21 bits per heavy atom. The number of rotatable bonds is 7. The van der Waals surface area contributed by atoms with Gasteiger partial charge in [0.2, 0.25) is 0 Å². The summed E-state index contributed by atoms with van der Waals surface area (Å²) in [6.07, 6.45) is 15.2. The molecule has 0 amide bonds. The maximum absolute atomic E-state index is 2.25. The fourth-order valence-corrected chi connectivity index (χ4v) is 1.17. The fraction of sp³-hybridized carbons (Fsp3) is 0.857. The van der Waals surface area contributed by atoms with Crippen LogP contribution in [0, 0.1) is 0 Å². The van der Waals surface area contributed by atoms with Crippen molar-refractivity contribution in [2.45, 2.75) is 79.1 Å². The predicted octanol–water partition coefficient (Wildman–Crippen LogP) is 5.73. The molecule has 0 spiro atoms. The van der Waals surface area contributed by atoms with Gasteiger partial charge < -0.3 is 0 Å². The van der Waals surface area contributed by atoms with E-state index in [4.69, 9.17) is 0 Å². The number of hydrogen-bond donors (Lipinski definition) is 0. The van der Waals surface area contributed by atoms with Crippen molar-refractivity contribution in [2.24, 2.45) is 0 Å². The number of unbranched alkanes of at least 4 members (excludes halogenated alkanes) is 6. The van der Waals surface area contributed by atoms with Gasteiger partial charge in [-0.3, -0.25) is 0 Å². The molecule has 0 nitrogen and oxygen atoms in total. The molecule has 0 aromatic heterocycles. The Morgan fingerprint density at radius 1 is 0.714 bits per heavy atom. The van der Waals surface area contributed by atoms with Crippen molar-refractivity contribution < 1.29 is 0 Å². The zero-order chi connectivity index (χ0) is 11.1. The van der Waals surface area contributed by atoms with Crippen LogP contribution in [-0.2, 0) is 0 Å². The second kappa shape index (κ2) is 18.5. The van der Waals surface area contributed by atoms with Gasteiger partial charge in [-0.25, -0.2) is 0 Å². The maximum atomic E-state index is 2.25. The van der Waals surface area contributed by atoms with Crippen LogP contribution in [0.2, 0.25) is 0 Å². The summed E-state index contributed by atoms with van der Waals surface area (Å²) < 4.78 is 0. The Hall–Kier alpha value is -0.260. The first-order chi connectivity index (χ1) is 6.83. The summed E-state index contributed by atoms with van der Waals surface area (Å²) in [7, 11) is 0. The highest BCUT2D eigenvalue weighted by molar-refractivity contribution is 4.75. The van der Waals surface area contributed by atoms with Gasteiger partial charge in [-0.1, -0.05) is 77.9 Å². The highest BCUT2D eigenvalue weighted by Gasteiger charge is 1.80. The summed E-state index contributed by atoms with van der Waals surface area (Å²) in [5, 5.41) is 0. The van der Waals surface area contributed by atoms with Gasteiger partial charge in [0.25, 0.3) is 0 Å². The maximum Gasteiger partial charge on any atom is -0.0351 e. The van der Waals surface area contributed by atoms with Crippen LogP contribution in [0.25, 0.3) is 0 Å². The molecule has 0 N–H and O–H groups in total. The van der Waals surface area contributed by atoms with E-state index < -0.39 is 0 Å². The van der Waals surface area contributed by atoms with Crippen LogP contribution in [-0.4, -0.2) is 0 Å². The predicted molar refractivity (Wildman–Crippen MR) is 68.8 cm³/mol. The van der Waals surface area contributed by atoms with Gasteiger partial charge in [0.15, 0.2) is 0 Å². The summed E-state index contributed by atoms with van der Waals surface area (Å²) in [4.78, 5) is 0. The first-order valence-electron chi connectivity index (χ1n) is 6.44. The van der Waals surface area contributed by atoms with Crippen molar-refractivity contribution in [1.82, 2.24) is 0 Å². The molecule has 0 aliphatic carbocycles. The van der Waals surface area contributed by atoms with Crippen molar-refractivity contribution >= 4 is 0 Å². The molecule has 0 radical (unpaired) electrons. The van der Waals surface area contributed by atoms with E-state index in [2.05, 4.69) is 39.8 Å². The quantitative estimate of drug-likeness (QED) is 0.362. The first-order valence-corrected chi connectivity index (χ1v) is 6.44. The van der Waals surface area contributed by atoms with Gasteiger partial charge >= 0.3 is 0 Å². The minimum atomic E-state index is 1.26.